The van der Waals surface area contributed by atoms with Gasteiger partial charge in [-0.2, -0.15) is 0 Å². The smallest absolute Gasteiger partial charge is 0.395 e. The molecule has 2 unspecified atom stereocenters. The number of hydrogen-bond acceptors (Lipinski definition) is 4. The van der Waals surface area contributed by atoms with Crippen molar-refractivity contribution in [2.45, 2.75) is 19.1 Å². The molecule has 6 nitrogen and oxygen atoms in total. The summed E-state index contributed by atoms with van der Waals surface area (Å²) < 4.78 is 49.7. The second kappa shape index (κ2) is 6.68. The fourth-order valence-corrected chi connectivity index (χ4v) is 3.64. The minimum Gasteiger partial charge on any atom is -0.395 e. The molecule has 0 spiro atoms. The lowest BCUT2D eigenvalue weighted by atomic mass is 9.87. The Labute approximate surface area is 164 Å². The van der Waals surface area contributed by atoms with Gasteiger partial charge in [0.1, 0.15) is 11.7 Å². The number of ether oxygens (including phenoxy) is 2. The minimum atomic E-state index is -3.76. The van der Waals surface area contributed by atoms with Crippen LogP contribution >= 0.6 is 0 Å². The van der Waals surface area contributed by atoms with Gasteiger partial charge in [0.15, 0.2) is 11.5 Å². The molecule has 0 bridgehead atoms. The number of carbonyl (C=O) groups is 2. The molecule has 2 atom stereocenters. The molecular weight excluding hydrogens is 389 g/mol. The maximum Gasteiger partial charge on any atom is 0.586 e. The summed E-state index contributed by atoms with van der Waals surface area (Å²) in [7, 11) is 1.54. The number of likely N-dealkylation sites (N-methyl/N-ethyl adjacent to an activating group) is 1. The number of aryl methyl sites for hydroxylation is 1. The molecular formula is C20H17F3N2O4. The third kappa shape index (κ3) is 3.37. The zero-order valence-electron chi connectivity index (χ0n) is 15.5. The van der Waals surface area contributed by atoms with Gasteiger partial charge in [0, 0.05) is 19.5 Å². The first-order valence-electron chi connectivity index (χ1n) is 8.87. The Morgan fingerprint density at radius 3 is 2.69 bits per heavy atom. The zero-order chi connectivity index (χ0) is 20.9. The van der Waals surface area contributed by atoms with Crippen molar-refractivity contribution in [3.05, 3.63) is 53.3 Å². The standard InChI is InChI=1S/C20H17F3N2O4/c1-10-4-3-5-13(17(10)21)24-18(26)16-12(9-25(2)19(16)27)11-6-7-14-15(8-11)29-20(22,23)28-14/h3-8,12,16H,9H2,1-2H3,(H,24,26). The summed E-state index contributed by atoms with van der Waals surface area (Å²) in [4.78, 5) is 26.8. The number of rotatable bonds is 3. The average molecular weight is 406 g/mol. The Balaban J connectivity index is 1.63. The lowest BCUT2D eigenvalue weighted by Crippen LogP contribution is -2.33. The number of halogens is 3. The van der Waals surface area contributed by atoms with Gasteiger partial charge in [-0.1, -0.05) is 18.2 Å². The maximum absolute atomic E-state index is 14.3. The van der Waals surface area contributed by atoms with Gasteiger partial charge in [-0.25, -0.2) is 4.39 Å². The highest BCUT2D eigenvalue weighted by atomic mass is 19.3. The van der Waals surface area contributed by atoms with Gasteiger partial charge in [0.25, 0.3) is 0 Å². The van der Waals surface area contributed by atoms with Crippen LogP contribution in [0.1, 0.15) is 17.0 Å². The molecule has 2 heterocycles. The minimum absolute atomic E-state index is 0.0265. The third-order valence-electron chi connectivity index (χ3n) is 5.10. The van der Waals surface area contributed by atoms with Crippen molar-refractivity contribution < 1.29 is 32.2 Å². The molecule has 2 amide bonds. The second-order valence-corrected chi connectivity index (χ2v) is 7.10. The van der Waals surface area contributed by atoms with E-state index in [9.17, 15) is 22.8 Å². The van der Waals surface area contributed by atoms with Crippen LogP contribution in [-0.2, 0) is 9.59 Å². The summed E-state index contributed by atoms with van der Waals surface area (Å²) in [6.07, 6.45) is -3.76. The fraction of sp³-hybridized carbons (Fsp3) is 0.300. The Morgan fingerprint density at radius 1 is 1.21 bits per heavy atom. The highest BCUT2D eigenvalue weighted by molar-refractivity contribution is 6.08. The first kappa shape index (κ1) is 19.1. The topological polar surface area (TPSA) is 67.9 Å². The van der Waals surface area contributed by atoms with E-state index in [0.29, 0.717) is 11.1 Å². The summed E-state index contributed by atoms with van der Waals surface area (Å²) in [6.45, 7) is 1.76. The van der Waals surface area contributed by atoms with Crippen LogP contribution in [0.4, 0.5) is 18.9 Å². The predicted octanol–water partition coefficient (Wildman–Crippen LogP) is 3.27. The van der Waals surface area contributed by atoms with Crippen LogP contribution in [0, 0.1) is 18.7 Å². The van der Waals surface area contributed by atoms with Crippen LogP contribution in [0.2, 0.25) is 0 Å². The van der Waals surface area contributed by atoms with E-state index in [1.165, 1.54) is 36.2 Å². The van der Waals surface area contributed by atoms with E-state index in [0.717, 1.165) is 0 Å². The molecule has 1 saturated heterocycles. The summed E-state index contributed by atoms with van der Waals surface area (Å²) in [6, 6.07) is 8.70. The molecule has 152 valence electrons. The maximum atomic E-state index is 14.3. The van der Waals surface area contributed by atoms with Crippen LogP contribution in [-0.4, -0.2) is 36.6 Å². The van der Waals surface area contributed by atoms with E-state index in [2.05, 4.69) is 14.8 Å². The molecule has 2 aromatic carbocycles. The summed E-state index contributed by atoms with van der Waals surface area (Å²) in [5.74, 6) is -3.75. The lowest BCUT2D eigenvalue weighted by molar-refractivity contribution is -0.286. The van der Waals surface area contributed by atoms with Crippen LogP contribution < -0.4 is 14.8 Å². The Hall–Kier alpha value is -3.23. The molecule has 0 radical (unpaired) electrons. The molecule has 1 N–H and O–H groups in total. The third-order valence-corrected chi connectivity index (χ3v) is 5.10. The predicted molar refractivity (Wildman–Crippen MR) is 96.3 cm³/mol. The molecule has 2 aliphatic rings. The first-order chi connectivity index (χ1) is 13.7. The van der Waals surface area contributed by atoms with Gasteiger partial charge in [0.2, 0.25) is 11.8 Å². The van der Waals surface area contributed by atoms with Crippen LogP contribution in [0.15, 0.2) is 36.4 Å². The van der Waals surface area contributed by atoms with Gasteiger partial charge in [0.05, 0.1) is 5.69 Å². The Morgan fingerprint density at radius 2 is 1.93 bits per heavy atom. The number of amides is 2. The summed E-state index contributed by atoms with van der Waals surface area (Å²) in [5.41, 5.74) is 0.792. The van der Waals surface area contributed by atoms with Gasteiger partial charge in [-0.3, -0.25) is 9.59 Å². The van der Waals surface area contributed by atoms with Gasteiger partial charge in [-0.05, 0) is 36.2 Å². The van der Waals surface area contributed by atoms with Crippen molar-refractivity contribution in [2.24, 2.45) is 5.92 Å². The number of benzene rings is 2. The molecule has 0 saturated carbocycles. The number of nitrogens with zero attached hydrogens (tertiary/aromatic N) is 1. The molecule has 9 heteroatoms. The number of carbonyl (C=O) groups excluding carboxylic acids is 2. The van der Waals surface area contributed by atoms with Crippen molar-refractivity contribution in [1.29, 1.82) is 0 Å². The lowest BCUT2D eigenvalue weighted by Gasteiger charge is -2.17. The number of anilines is 1. The van der Waals surface area contributed by atoms with E-state index in [1.807, 2.05) is 0 Å². The number of likely N-dealkylation sites (tertiary alicyclic amines) is 1. The highest BCUT2D eigenvalue weighted by Gasteiger charge is 2.47. The van der Waals surface area contributed by atoms with E-state index in [1.54, 1.807) is 19.1 Å². The largest absolute Gasteiger partial charge is 0.586 e. The van der Waals surface area contributed by atoms with Crippen molar-refractivity contribution >= 4 is 17.5 Å². The zero-order valence-corrected chi connectivity index (χ0v) is 15.5. The monoisotopic (exact) mass is 406 g/mol. The molecule has 1 fully saturated rings. The number of fused-ring (bicyclic) bond motifs is 1. The number of hydrogen-bond donors (Lipinski definition) is 1. The van der Waals surface area contributed by atoms with E-state index in [4.69, 9.17) is 0 Å². The molecule has 0 aliphatic carbocycles. The quantitative estimate of drug-likeness (QED) is 0.795. The first-order valence-corrected chi connectivity index (χ1v) is 8.87. The van der Waals surface area contributed by atoms with Crippen molar-refractivity contribution in [2.75, 3.05) is 18.9 Å². The van der Waals surface area contributed by atoms with Crippen LogP contribution in [0.3, 0.4) is 0 Å². The fourth-order valence-electron chi connectivity index (χ4n) is 3.64. The van der Waals surface area contributed by atoms with E-state index < -0.39 is 35.8 Å². The molecule has 4 rings (SSSR count). The normalized spacial score (nSPS) is 22.1. The van der Waals surface area contributed by atoms with Crippen molar-refractivity contribution in [3.8, 4) is 11.5 Å². The van der Waals surface area contributed by atoms with Gasteiger partial charge in [-0.15, -0.1) is 8.78 Å². The van der Waals surface area contributed by atoms with Crippen molar-refractivity contribution in [3.63, 3.8) is 0 Å². The van der Waals surface area contributed by atoms with E-state index >= 15 is 0 Å². The molecule has 2 aliphatic heterocycles. The van der Waals surface area contributed by atoms with Crippen molar-refractivity contribution in [1.82, 2.24) is 4.90 Å². The van der Waals surface area contributed by atoms with Crippen LogP contribution in [0.25, 0.3) is 0 Å². The summed E-state index contributed by atoms with van der Waals surface area (Å²) in [5, 5.41) is 2.47. The second-order valence-electron chi connectivity index (χ2n) is 7.10. The number of nitrogens with one attached hydrogen (secondary N) is 1. The average Bonchev–Trinajstić information content (AvgIpc) is 3.12. The molecule has 0 aromatic heterocycles. The molecule has 29 heavy (non-hydrogen) atoms. The Bertz CT molecular complexity index is 1010. The SMILES string of the molecule is Cc1cccc(NC(=O)C2C(=O)N(C)CC2c2ccc3c(c2)OC(F)(F)O3)c1F. The summed E-state index contributed by atoms with van der Waals surface area (Å²) >= 11 is 0. The number of alkyl halides is 2. The van der Waals surface area contributed by atoms with Gasteiger partial charge >= 0.3 is 6.29 Å². The Kier molecular flexibility index (Phi) is 4.40. The van der Waals surface area contributed by atoms with Gasteiger partial charge < -0.3 is 19.7 Å². The highest BCUT2D eigenvalue weighted by Crippen LogP contribution is 2.44. The van der Waals surface area contributed by atoms with E-state index in [-0.39, 0.29) is 23.7 Å². The van der Waals surface area contributed by atoms with Crippen LogP contribution in [0.5, 0.6) is 11.5 Å². The molecule has 2 aromatic rings.